The Morgan fingerprint density at radius 1 is 1.67 bits per heavy atom. The minimum absolute atomic E-state index is 0.0369. The third-order valence-electron chi connectivity index (χ3n) is 1.45. The molecule has 0 spiro atoms. The Bertz CT molecular complexity index is 132. The number of thiol groups is 1. The van der Waals surface area contributed by atoms with Crippen molar-refractivity contribution >= 4 is 33.5 Å². The van der Waals surface area contributed by atoms with Crippen molar-refractivity contribution in [3.8, 4) is 0 Å². The second kappa shape index (κ2) is 7.96. The van der Waals surface area contributed by atoms with Gasteiger partial charge in [-0.05, 0) is 0 Å². The van der Waals surface area contributed by atoms with Gasteiger partial charge in [0.05, 0.1) is 0 Å². The molecule has 4 heteroatoms. The van der Waals surface area contributed by atoms with E-state index in [2.05, 4.69) is 24.9 Å². The van der Waals surface area contributed by atoms with E-state index in [-0.39, 0.29) is 5.91 Å². The molecule has 0 aromatic carbocycles. The molecule has 1 N–H and O–H groups in total. The summed E-state index contributed by atoms with van der Waals surface area (Å²) in [5.41, 5.74) is 0. The van der Waals surface area contributed by atoms with Gasteiger partial charge < -0.3 is 0 Å². The quantitative estimate of drug-likeness (QED) is 0.418. The molecule has 1 atom stereocenters. The zero-order valence-electron chi connectivity index (χ0n) is 7.67. The van der Waals surface area contributed by atoms with E-state index in [0.717, 1.165) is 21.4 Å². The zero-order valence-corrected chi connectivity index (χ0v) is 10.3. The van der Waals surface area contributed by atoms with Crippen LogP contribution in [-0.4, -0.2) is 32.7 Å². The summed E-state index contributed by atoms with van der Waals surface area (Å²) in [5, 5.41) is 5.44. The molecule has 0 aromatic heterocycles. The molecule has 0 aliphatic rings. The van der Waals surface area contributed by atoms with Gasteiger partial charge in [-0.2, -0.15) is 0 Å². The molecule has 0 aliphatic carbocycles. The van der Waals surface area contributed by atoms with Gasteiger partial charge in [-0.25, -0.2) is 0 Å². The van der Waals surface area contributed by atoms with Crippen LogP contribution in [0.1, 0.15) is 20.3 Å². The van der Waals surface area contributed by atoms with E-state index < -0.39 is 0 Å². The molecule has 0 saturated carbocycles. The summed E-state index contributed by atoms with van der Waals surface area (Å²) in [6.07, 6.45) is 1.10. The van der Waals surface area contributed by atoms with Crippen molar-refractivity contribution in [1.29, 1.82) is 0 Å². The summed E-state index contributed by atoms with van der Waals surface area (Å²) >= 11 is 4.66. The number of carbonyl (C=O) groups is 1. The summed E-state index contributed by atoms with van der Waals surface area (Å²) in [7, 11) is 0. The summed E-state index contributed by atoms with van der Waals surface area (Å²) < 4.78 is 0. The molecule has 0 aromatic rings. The van der Waals surface area contributed by atoms with Crippen LogP contribution in [0.15, 0.2) is 0 Å². The molecular formula is C8H17NOSSe. The van der Waals surface area contributed by atoms with Crippen LogP contribution in [0.5, 0.6) is 0 Å². The number of hydrogen-bond donors (Lipinski definition) is 2. The molecule has 0 aliphatic heterocycles. The molecule has 72 valence electrons. The Labute approximate surface area is 86.4 Å². The van der Waals surface area contributed by atoms with E-state index >= 15 is 0 Å². The molecule has 0 saturated heterocycles. The average Bonchev–Trinajstić information content (AvgIpc) is 2.05. The first-order chi connectivity index (χ1) is 5.70. The predicted molar refractivity (Wildman–Crippen MR) is 57.1 cm³/mol. The van der Waals surface area contributed by atoms with Gasteiger partial charge in [0.1, 0.15) is 0 Å². The Hall–Kier alpha value is 0.339. The normalized spacial score (nSPS) is 12.6. The van der Waals surface area contributed by atoms with Crippen LogP contribution < -0.4 is 5.32 Å². The van der Waals surface area contributed by atoms with Gasteiger partial charge in [-0.3, -0.25) is 0 Å². The Morgan fingerprint density at radius 2 is 2.33 bits per heavy atom. The number of nitrogens with one attached hydrogen (secondary N) is 1. The first-order valence-electron chi connectivity index (χ1n) is 4.18. The van der Waals surface area contributed by atoms with E-state index in [1.165, 1.54) is 10.6 Å². The van der Waals surface area contributed by atoms with Crippen molar-refractivity contribution in [1.82, 2.24) is 5.32 Å². The van der Waals surface area contributed by atoms with Crippen molar-refractivity contribution in [2.45, 2.75) is 36.9 Å². The molecule has 2 nitrogen and oxygen atoms in total. The maximum absolute atomic E-state index is 10.9. The van der Waals surface area contributed by atoms with Gasteiger partial charge in [0, 0.05) is 0 Å². The molecule has 0 bridgehead atoms. The fourth-order valence-electron chi connectivity index (χ4n) is 0.797. The Morgan fingerprint density at radius 3 is 2.83 bits per heavy atom. The molecule has 12 heavy (non-hydrogen) atoms. The SMILES string of the molecule is CC[Se]CCC(C)NC(=O)CS. The molecular weight excluding hydrogens is 237 g/mol. The van der Waals surface area contributed by atoms with Gasteiger partial charge in [0.2, 0.25) is 0 Å². The van der Waals surface area contributed by atoms with E-state index in [0.29, 0.717) is 11.8 Å². The van der Waals surface area contributed by atoms with Gasteiger partial charge in [0.15, 0.2) is 0 Å². The van der Waals surface area contributed by atoms with Crippen molar-refractivity contribution in [3.05, 3.63) is 0 Å². The number of amides is 1. The monoisotopic (exact) mass is 255 g/mol. The minimum atomic E-state index is 0.0369. The molecule has 1 unspecified atom stereocenters. The van der Waals surface area contributed by atoms with Crippen LogP contribution >= 0.6 is 12.6 Å². The second-order valence-electron chi connectivity index (χ2n) is 2.61. The summed E-state index contributed by atoms with van der Waals surface area (Å²) in [6.45, 7) is 4.25. The van der Waals surface area contributed by atoms with Crippen molar-refractivity contribution in [2.75, 3.05) is 5.75 Å². The van der Waals surface area contributed by atoms with Crippen LogP contribution in [-0.2, 0) is 4.79 Å². The third-order valence-corrected chi connectivity index (χ3v) is 3.69. The van der Waals surface area contributed by atoms with Crippen LogP contribution in [0.25, 0.3) is 0 Å². The van der Waals surface area contributed by atoms with E-state index in [1.54, 1.807) is 0 Å². The average molecular weight is 254 g/mol. The summed E-state index contributed by atoms with van der Waals surface area (Å²) in [6, 6.07) is 0.318. The van der Waals surface area contributed by atoms with E-state index in [1.807, 2.05) is 6.92 Å². The van der Waals surface area contributed by atoms with Gasteiger partial charge in [-0.1, -0.05) is 0 Å². The molecule has 1 amide bonds. The third kappa shape index (κ3) is 7.01. The number of rotatable bonds is 6. The Balaban J connectivity index is 3.32. The zero-order chi connectivity index (χ0) is 9.40. The van der Waals surface area contributed by atoms with Crippen LogP contribution in [0.3, 0.4) is 0 Å². The standard InChI is InChI=1S/C8H17NOSSe/c1-3-12-5-4-7(2)9-8(10)6-11/h7,11H,3-6H2,1-2H3,(H,9,10). The molecule has 0 heterocycles. The number of hydrogen-bond acceptors (Lipinski definition) is 2. The van der Waals surface area contributed by atoms with Crippen molar-refractivity contribution in [2.24, 2.45) is 0 Å². The predicted octanol–water partition coefficient (Wildman–Crippen LogP) is 1.37. The Kier molecular flexibility index (Phi) is 8.19. The van der Waals surface area contributed by atoms with Crippen LogP contribution in [0, 0.1) is 0 Å². The van der Waals surface area contributed by atoms with Crippen LogP contribution in [0.2, 0.25) is 10.6 Å². The summed E-state index contributed by atoms with van der Waals surface area (Å²) in [4.78, 5) is 10.9. The maximum atomic E-state index is 10.9. The summed E-state index contributed by atoms with van der Waals surface area (Å²) in [5.74, 6) is 0.332. The van der Waals surface area contributed by atoms with E-state index in [9.17, 15) is 4.79 Å². The molecule has 0 fully saturated rings. The van der Waals surface area contributed by atoms with Gasteiger partial charge in [0.25, 0.3) is 0 Å². The van der Waals surface area contributed by atoms with Gasteiger partial charge in [-0.15, -0.1) is 0 Å². The van der Waals surface area contributed by atoms with E-state index in [4.69, 9.17) is 0 Å². The number of carbonyl (C=O) groups excluding carboxylic acids is 1. The van der Waals surface area contributed by atoms with Crippen molar-refractivity contribution in [3.63, 3.8) is 0 Å². The fraction of sp³-hybridized carbons (Fsp3) is 0.875. The van der Waals surface area contributed by atoms with Gasteiger partial charge >= 0.3 is 86.3 Å². The first-order valence-corrected chi connectivity index (χ1v) is 7.24. The molecule has 0 rings (SSSR count). The fourth-order valence-corrected chi connectivity index (χ4v) is 2.59. The molecule has 0 radical (unpaired) electrons. The topological polar surface area (TPSA) is 29.1 Å². The first kappa shape index (κ1) is 12.3. The van der Waals surface area contributed by atoms with Crippen LogP contribution in [0.4, 0.5) is 0 Å². The second-order valence-corrected chi connectivity index (χ2v) is 5.85. The van der Waals surface area contributed by atoms with Crippen molar-refractivity contribution < 1.29 is 4.79 Å².